The van der Waals surface area contributed by atoms with Gasteiger partial charge in [-0.15, -0.1) is 0 Å². The average molecular weight is 582 g/mol. The third-order valence-corrected chi connectivity index (χ3v) is 12.4. The van der Waals surface area contributed by atoms with Crippen LogP contribution in [0.5, 0.6) is 0 Å². The van der Waals surface area contributed by atoms with E-state index in [9.17, 15) is 4.57 Å². The molecule has 0 saturated heterocycles. The minimum absolute atomic E-state index is 0.257. The lowest BCUT2D eigenvalue weighted by atomic mass is 10.2. The summed E-state index contributed by atoms with van der Waals surface area (Å²) in [6.07, 6.45) is 0. The molecule has 0 aromatic heterocycles. The SMILES string of the molecule is CCOP(=O)(OCC)C(N=P(c1ccccc1)(c1ccccc1)c1ccccc1)c1ccc(Br)cc1. The summed E-state index contributed by atoms with van der Waals surface area (Å²) in [6, 6.07) is 38.7. The Bertz CT molecular complexity index is 1230. The summed E-state index contributed by atoms with van der Waals surface area (Å²) in [4.78, 5) is 0. The number of hydrogen-bond acceptors (Lipinski definition) is 4. The molecule has 1 unspecified atom stereocenters. The second-order valence-corrected chi connectivity index (χ2v) is 14.1. The van der Waals surface area contributed by atoms with Gasteiger partial charge < -0.3 is 9.05 Å². The molecule has 0 aliphatic carbocycles. The molecule has 0 radical (unpaired) electrons. The highest BCUT2D eigenvalue weighted by atomic mass is 79.9. The van der Waals surface area contributed by atoms with Crippen molar-refractivity contribution >= 4 is 46.5 Å². The monoisotopic (exact) mass is 581 g/mol. The van der Waals surface area contributed by atoms with Crippen LogP contribution >= 0.6 is 30.6 Å². The summed E-state index contributed by atoms with van der Waals surface area (Å²) in [5.74, 6) is -0.820. The first-order valence-electron chi connectivity index (χ1n) is 12.0. The van der Waals surface area contributed by atoms with Gasteiger partial charge in [-0.1, -0.05) is 119 Å². The fourth-order valence-corrected chi connectivity index (χ4v) is 10.6. The highest BCUT2D eigenvalue weighted by Gasteiger charge is 2.40. The molecule has 0 N–H and O–H groups in total. The molecule has 186 valence electrons. The second kappa shape index (κ2) is 12.3. The van der Waals surface area contributed by atoms with Gasteiger partial charge >= 0.3 is 7.60 Å². The summed E-state index contributed by atoms with van der Waals surface area (Å²) in [7, 11) is -6.33. The van der Waals surface area contributed by atoms with Crippen molar-refractivity contribution in [1.29, 1.82) is 0 Å². The molecule has 4 rings (SSSR count). The van der Waals surface area contributed by atoms with Crippen LogP contribution in [0.25, 0.3) is 0 Å². The highest BCUT2D eigenvalue weighted by molar-refractivity contribution is 9.10. The molecule has 0 heterocycles. The summed E-state index contributed by atoms with van der Waals surface area (Å²) in [5, 5.41) is 3.22. The maximum Gasteiger partial charge on any atom is 0.359 e. The van der Waals surface area contributed by atoms with E-state index in [1.54, 1.807) is 0 Å². The van der Waals surface area contributed by atoms with Crippen LogP contribution in [-0.2, 0) is 13.6 Å². The molecule has 7 heteroatoms. The maximum atomic E-state index is 14.4. The fourth-order valence-electron chi connectivity index (χ4n) is 4.23. The molecule has 4 aromatic rings. The van der Waals surface area contributed by atoms with Gasteiger partial charge in [0.15, 0.2) is 5.78 Å². The van der Waals surface area contributed by atoms with E-state index in [1.807, 2.05) is 92.7 Å². The van der Waals surface area contributed by atoms with E-state index in [-0.39, 0.29) is 13.2 Å². The minimum atomic E-state index is -3.68. The first-order valence-corrected chi connectivity index (χ1v) is 16.1. The van der Waals surface area contributed by atoms with E-state index < -0.39 is 20.4 Å². The first kappa shape index (κ1) is 26.8. The van der Waals surface area contributed by atoms with E-state index >= 15 is 0 Å². The van der Waals surface area contributed by atoms with Crippen LogP contribution in [0.4, 0.5) is 0 Å². The quantitative estimate of drug-likeness (QED) is 0.179. The largest absolute Gasteiger partial charge is 0.359 e. The lowest BCUT2D eigenvalue weighted by molar-refractivity contribution is 0.213. The van der Waals surface area contributed by atoms with Crippen molar-refractivity contribution in [2.45, 2.75) is 19.6 Å². The Kier molecular flexibility index (Phi) is 9.17. The molecule has 0 saturated carbocycles. The predicted molar refractivity (Wildman–Crippen MR) is 155 cm³/mol. The Labute approximate surface area is 222 Å². The van der Waals surface area contributed by atoms with Crippen molar-refractivity contribution in [3.05, 3.63) is 125 Å². The predicted octanol–water partition coefficient (Wildman–Crippen LogP) is 7.89. The first-order chi connectivity index (χ1) is 17.5. The molecular formula is C29H30BrNO3P2. The zero-order chi connectivity index (χ0) is 25.4. The van der Waals surface area contributed by atoms with E-state index in [4.69, 9.17) is 13.8 Å². The van der Waals surface area contributed by atoms with Crippen LogP contribution in [0, 0.1) is 0 Å². The lowest BCUT2D eigenvalue weighted by Gasteiger charge is -2.32. The van der Waals surface area contributed by atoms with Gasteiger partial charge in [-0.2, -0.15) is 0 Å². The van der Waals surface area contributed by atoms with Gasteiger partial charge in [0.25, 0.3) is 0 Å². The van der Waals surface area contributed by atoms with Crippen molar-refractivity contribution in [3.8, 4) is 0 Å². The molecular weight excluding hydrogens is 552 g/mol. The number of rotatable bonds is 10. The molecule has 36 heavy (non-hydrogen) atoms. The van der Waals surface area contributed by atoms with E-state index in [0.717, 1.165) is 25.9 Å². The number of nitrogens with zero attached hydrogens (tertiary/aromatic N) is 1. The summed E-state index contributed by atoms with van der Waals surface area (Å²) < 4.78 is 32.8. The van der Waals surface area contributed by atoms with Crippen LogP contribution in [0.15, 0.2) is 124 Å². The molecule has 0 aliphatic rings. The van der Waals surface area contributed by atoms with Gasteiger partial charge in [0.05, 0.1) is 20.3 Å². The number of hydrogen-bond donors (Lipinski definition) is 0. The smallest absolute Gasteiger partial charge is 0.307 e. The molecule has 0 fully saturated rings. The van der Waals surface area contributed by atoms with Crippen LogP contribution in [0.3, 0.4) is 0 Å². The van der Waals surface area contributed by atoms with Crippen LogP contribution in [0.1, 0.15) is 25.2 Å². The summed E-state index contributed by atoms with van der Waals surface area (Å²) in [6.45, 7) is 4.18. The van der Waals surface area contributed by atoms with Gasteiger partial charge in [0, 0.05) is 20.4 Å². The minimum Gasteiger partial charge on any atom is -0.307 e. The van der Waals surface area contributed by atoms with Gasteiger partial charge in [-0.25, -0.2) is 0 Å². The molecule has 0 bridgehead atoms. The Morgan fingerprint density at radius 3 is 1.42 bits per heavy atom. The maximum absolute atomic E-state index is 14.4. The van der Waals surface area contributed by atoms with Crippen LogP contribution in [0.2, 0.25) is 0 Å². The summed E-state index contributed by atoms with van der Waals surface area (Å²) in [5.41, 5.74) is 0.788. The van der Waals surface area contributed by atoms with Gasteiger partial charge in [0.1, 0.15) is 0 Å². The average Bonchev–Trinajstić information content (AvgIpc) is 2.92. The standard InChI is InChI=1S/C29H30BrNO3P2/c1-3-33-36(32,34-4-2)29(24-20-22-25(30)23-21-24)31-35(26-14-8-5-9-15-26,27-16-10-6-11-17-27)28-18-12-7-13-19-28/h5-23,29H,3-4H2,1-2H3. The van der Waals surface area contributed by atoms with E-state index in [1.165, 1.54) is 0 Å². The molecule has 0 aliphatic heterocycles. The molecule has 1 atom stereocenters. The van der Waals surface area contributed by atoms with Crippen molar-refractivity contribution in [1.82, 2.24) is 0 Å². The van der Waals surface area contributed by atoms with Gasteiger partial charge in [0.2, 0.25) is 0 Å². The Hall–Kier alpha value is -2.26. The molecule has 4 nitrogen and oxygen atoms in total. The number of halogens is 1. The van der Waals surface area contributed by atoms with Crippen molar-refractivity contribution in [2.24, 2.45) is 4.74 Å². The Morgan fingerprint density at radius 2 is 1.06 bits per heavy atom. The fraction of sp³-hybridized carbons (Fsp3) is 0.172. The second-order valence-electron chi connectivity index (χ2n) is 8.06. The molecule has 0 spiro atoms. The van der Waals surface area contributed by atoms with Gasteiger partial charge in [-0.05, 0) is 31.5 Å². The zero-order valence-electron chi connectivity index (χ0n) is 20.4. The third-order valence-electron chi connectivity index (χ3n) is 5.76. The van der Waals surface area contributed by atoms with Crippen molar-refractivity contribution in [3.63, 3.8) is 0 Å². The normalized spacial score (nSPS) is 12.8. The topological polar surface area (TPSA) is 47.9 Å². The van der Waals surface area contributed by atoms with Crippen LogP contribution < -0.4 is 15.9 Å². The van der Waals surface area contributed by atoms with E-state index in [2.05, 4.69) is 52.3 Å². The highest BCUT2D eigenvalue weighted by Crippen LogP contribution is 2.65. The van der Waals surface area contributed by atoms with Gasteiger partial charge in [-0.3, -0.25) is 9.31 Å². The summed E-state index contributed by atoms with van der Waals surface area (Å²) >= 11 is 3.52. The third kappa shape index (κ3) is 5.67. The molecule has 0 amide bonds. The van der Waals surface area contributed by atoms with E-state index in [0.29, 0.717) is 0 Å². The molecule has 4 aromatic carbocycles. The van der Waals surface area contributed by atoms with Crippen molar-refractivity contribution < 1.29 is 13.6 Å². The number of benzene rings is 4. The van der Waals surface area contributed by atoms with Crippen LogP contribution in [-0.4, -0.2) is 13.2 Å². The Morgan fingerprint density at radius 1 is 0.667 bits per heavy atom. The lowest BCUT2D eigenvalue weighted by Crippen LogP contribution is -2.26. The van der Waals surface area contributed by atoms with Crippen molar-refractivity contribution in [2.75, 3.05) is 13.2 Å². The zero-order valence-corrected chi connectivity index (χ0v) is 23.8. The Balaban J connectivity index is 2.15.